The van der Waals surface area contributed by atoms with Crippen molar-refractivity contribution < 1.29 is 62.2 Å². The van der Waals surface area contributed by atoms with Crippen LogP contribution >= 0.6 is 0 Å². The summed E-state index contributed by atoms with van der Waals surface area (Å²) in [6.45, 7) is 3.94. The molecule has 200 valence electrons. The topological polar surface area (TPSA) is 211 Å². The Bertz CT molecular complexity index is 909. The average molecular weight is 517 g/mol. The lowest BCUT2D eigenvalue weighted by atomic mass is 9.96. The summed E-state index contributed by atoms with van der Waals surface area (Å²) < 4.78 is 43.8. The molecule has 3 saturated heterocycles. The van der Waals surface area contributed by atoms with Gasteiger partial charge in [0.05, 0.1) is 12.7 Å². The maximum atomic E-state index is 11.9. The SMILES string of the molecule is CC(=O)OC[C@H]1O[C@@H](O[C@H]2[C@H](O)[C@@H](N=[N+]=[N-])[C@@H]3OC[C@H]2O3)[C@H](OC(C)=O)[C@@H](OC(C)=O)[C@H]1OC(C)=O. The van der Waals surface area contributed by atoms with Gasteiger partial charge in [0, 0.05) is 32.6 Å². The van der Waals surface area contributed by atoms with Gasteiger partial charge in [0.15, 0.2) is 30.9 Å². The van der Waals surface area contributed by atoms with Crippen molar-refractivity contribution in [1.82, 2.24) is 0 Å². The molecule has 0 saturated carbocycles. The Morgan fingerprint density at radius 1 is 0.917 bits per heavy atom. The van der Waals surface area contributed by atoms with Crippen LogP contribution in [-0.4, -0.2) is 104 Å². The quantitative estimate of drug-likeness (QED) is 0.138. The fourth-order valence-corrected chi connectivity index (χ4v) is 4.17. The van der Waals surface area contributed by atoms with E-state index in [1.165, 1.54) is 0 Å². The summed E-state index contributed by atoms with van der Waals surface area (Å²) in [5.74, 6) is -3.08. The summed E-state index contributed by atoms with van der Waals surface area (Å²) in [5.41, 5.74) is 8.85. The first-order valence-corrected chi connectivity index (χ1v) is 11.0. The fourth-order valence-electron chi connectivity index (χ4n) is 4.17. The maximum absolute atomic E-state index is 11.9. The standard InChI is InChI=1S/C20H27N3O13/c1-7(24)29-5-12-16(31-8(2)25)17(32-9(3)26)18(33-10(4)27)20(35-12)36-15-11-6-30-19(34-11)13(14(15)28)22-23-21/h11-20,28H,5-6H2,1-4H3/t11-,12-,13-,14-,15-,16+,17+,18-,19-,20+/m1/s1. The number of aliphatic hydroxyl groups excluding tert-OH is 1. The first kappa shape index (κ1) is 27.6. The van der Waals surface area contributed by atoms with Crippen molar-refractivity contribution in [3.8, 4) is 0 Å². The van der Waals surface area contributed by atoms with Crippen LogP contribution in [0.3, 0.4) is 0 Å². The lowest BCUT2D eigenvalue weighted by Gasteiger charge is -2.46. The van der Waals surface area contributed by atoms with Crippen molar-refractivity contribution in [1.29, 1.82) is 0 Å². The molecule has 0 aromatic rings. The number of nitrogens with zero attached hydrogens (tertiary/aromatic N) is 3. The molecule has 36 heavy (non-hydrogen) atoms. The molecule has 0 aliphatic carbocycles. The smallest absolute Gasteiger partial charge is 0.303 e. The first-order valence-electron chi connectivity index (χ1n) is 11.0. The third-order valence-corrected chi connectivity index (χ3v) is 5.49. The van der Waals surface area contributed by atoms with Gasteiger partial charge in [-0.15, -0.1) is 0 Å². The molecule has 0 unspecified atom stereocenters. The Morgan fingerprint density at radius 2 is 1.53 bits per heavy atom. The molecule has 0 radical (unpaired) electrons. The third-order valence-electron chi connectivity index (χ3n) is 5.49. The number of hydrogen-bond donors (Lipinski definition) is 1. The Hall–Kier alpha value is -3.01. The van der Waals surface area contributed by atoms with Crippen LogP contribution in [-0.2, 0) is 57.1 Å². The van der Waals surface area contributed by atoms with Crippen LogP contribution in [0.4, 0.5) is 0 Å². The third kappa shape index (κ3) is 6.40. The first-order chi connectivity index (χ1) is 17.0. The van der Waals surface area contributed by atoms with Crippen LogP contribution in [0.2, 0.25) is 0 Å². The number of rotatable bonds is 8. The van der Waals surface area contributed by atoms with Gasteiger partial charge in [0.25, 0.3) is 0 Å². The molecule has 10 atom stereocenters. The van der Waals surface area contributed by atoms with Gasteiger partial charge in [-0.1, -0.05) is 5.11 Å². The summed E-state index contributed by atoms with van der Waals surface area (Å²) >= 11 is 0. The largest absolute Gasteiger partial charge is 0.463 e. The summed E-state index contributed by atoms with van der Waals surface area (Å²) in [4.78, 5) is 49.8. The van der Waals surface area contributed by atoms with Crippen molar-refractivity contribution in [3.05, 3.63) is 10.4 Å². The van der Waals surface area contributed by atoms with Gasteiger partial charge in [-0.25, -0.2) is 0 Å². The predicted octanol–water partition coefficient (Wildman–Crippen LogP) is -0.750. The molecule has 2 bridgehead atoms. The molecule has 3 aliphatic rings. The molecule has 0 aromatic heterocycles. The molecule has 3 fully saturated rings. The van der Waals surface area contributed by atoms with E-state index < -0.39 is 91.8 Å². The zero-order chi connectivity index (χ0) is 26.6. The van der Waals surface area contributed by atoms with E-state index in [9.17, 15) is 24.3 Å². The van der Waals surface area contributed by atoms with E-state index >= 15 is 0 Å². The highest BCUT2D eigenvalue weighted by molar-refractivity contribution is 5.68. The second-order valence-corrected chi connectivity index (χ2v) is 8.23. The Labute approximate surface area is 204 Å². The lowest BCUT2D eigenvalue weighted by molar-refractivity contribution is -0.334. The van der Waals surface area contributed by atoms with Gasteiger partial charge in [0.2, 0.25) is 0 Å². The molecule has 1 N–H and O–H groups in total. The zero-order valence-corrected chi connectivity index (χ0v) is 19.9. The molecular formula is C20H27N3O13. The molecule has 16 heteroatoms. The van der Waals surface area contributed by atoms with Crippen LogP contribution in [0.15, 0.2) is 5.11 Å². The summed E-state index contributed by atoms with van der Waals surface area (Å²) in [6.07, 6.45) is -11.5. The number of carbonyl (C=O) groups is 4. The van der Waals surface area contributed by atoms with E-state index in [-0.39, 0.29) is 6.61 Å². The van der Waals surface area contributed by atoms with E-state index in [0.29, 0.717) is 0 Å². The molecule has 3 rings (SSSR count). The highest BCUT2D eigenvalue weighted by Gasteiger charge is 2.57. The van der Waals surface area contributed by atoms with Gasteiger partial charge in [-0.2, -0.15) is 0 Å². The zero-order valence-electron chi connectivity index (χ0n) is 19.9. The number of aliphatic hydroxyl groups is 1. The Balaban J connectivity index is 1.96. The molecule has 3 heterocycles. The van der Waals surface area contributed by atoms with Crippen molar-refractivity contribution in [3.63, 3.8) is 0 Å². The van der Waals surface area contributed by atoms with Crippen LogP contribution in [0.25, 0.3) is 10.4 Å². The van der Waals surface area contributed by atoms with Crippen LogP contribution in [0.5, 0.6) is 0 Å². The molecule has 16 nitrogen and oxygen atoms in total. The molecule has 3 aliphatic heterocycles. The molecule has 0 aromatic carbocycles. The lowest BCUT2D eigenvalue weighted by Crippen LogP contribution is -2.65. The number of fused-ring (bicyclic) bond motifs is 2. The Kier molecular flexibility index (Phi) is 9.05. The van der Waals surface area contributed by atoms with Crippen molar-refractivity contribution >= 4 is 23.9 Å². The summed E-state index contributed by atoms with van der Waals surface area (Å²) in [6, 6.07) is -1.16. The highest BCUT2D eigenvalue weighted by atomic mass is 16.8. The molecular weight excluding hydrogens is 490 g/mol. The second kappa shape index (κ2) is 11.8. The van der Waals surface area contributed by atoms with Crippen LogP contribution < -0.4 is 0 Å². The van der Waals surface area contributed by atoms with E-state index in [4.69, 9.17) is 43.4 Å². The van der Waals surface area contributed by atoms with Gasteiger partial charge >= 0.3 is 23.9 Å². The highest BCUT2D eigenvalue weighted by Crippen LogP contribution is 2.36. The monoisotopic (exact) mass is 517 g/mol. The fraction of sp³-hybridized carbons (Fsp3) is 0.800. The van der Waals surface area contributed by atoms with E-state index in [1.54, 1.807) is 0 Å². The van der Waals surface area contributed by atoms with Gasteiger partial charge < -0.3 is 43.0 Å². The summed E-state index contributed by atoms with van der Waals surface area (Å²) in [7, 11) is 0. The van der Waals surface area contributed by atoms with Crippen molar-refractivity contribution in [2.75, 3.05) is 13.2 Å². The minimum atomic E-state index is -1.54. The van der Waals surface area contributed by atoms with E-state index in [0.717, 1.165) is 27.7 Å². The normalized spacial score (nSPS) is 37.2. The number of azide groups is 1. The summed E-state index contributed by atoms with van der Waals surface area (Å²) in [5, 5.41) is 14.3. The number of ether oxygens (including phenoxy) is 8. The minimum Gasteiger partial charge on any atom is -0.463 e. The predicted molar refractivity (Wildman–Crippen MR) is 110 cm³/mol. The maximum Gasteiger partial charge on any atom is 0.303 e. The van der Waals surface area contributed by atoms with Crippen molar-refractivity contribution in [2.24, 2.45) is 5.11 Å². The average Bonchev–Trinajstić information content (AvgIpc) is 3.21. The van der Waals surface area contributed by atoms with Crippen LogP contribution in [0, 0.1) is 0 Å². The second-order valence-electron chi connectivity index (χ2n) is 8.23. The Morgan fingerprint density at radius 3 is 2.11 bits per heavy atom. The van der Waals surface area contributed by atoms with Crippen LogP contribution in [0.1, 0.15) is 27.7 Å². The van der Waals surface area contributed by atoms with Gasteiger partial charge in [-0.05, 0) is 5.53 Å². The van der Waals surface area contributed by atoms with Gasteiger partial charge in [-0.3, -0.25) is 19.2 Å². The molecule has 0 spiro atoms. The number of esters is 4. The van der Waals surface area contributed by atoms with Gasteiger partial charge in [0.1, 0.15) is 31.0 Å². The van der Waals surface area contributed by atoms with Crippen molar-refractivity contribution in [2.45, 2.75) is 89.0 Å². The number of carbonyl (C=O) groups excluding carboxylic acids is 4. The number of hydrogen-bond acceptors (Lipinski definition) is 14. The van der Waals surface area contributed by atoms with E-state index in [1.807, 2.05) is 0 Å². The minimum absolute atomic E-state index is 0.0187. The van der Waals surface area contributed by atoms with E-state index in [2.05, 4.69) is 10.0 Å². The molecule has 0 amide bonds.